The molecule has 0 aromatic heterocycles. The second-order valence-electron chi connectivity index (χ2n) is 5.61. The van der Waals surface area contributed by atoms with Crippen molar-refractivity contribution in [3.05, 3.63) is 35.9 Å². The van der Waals surface area contributed by atoms with E-state index in [1.807, 2.05) is 23.5 Å². The predicted molar refractivity (Wildman–Crippen MR) is 91.8 cm³/mol. The first kappa shape index (κ1) is 14.3. The first-order valence-corrected chi connectivity index (χ1v) is 9.47. The predicted octanol–water partition coefficient (Wildman–Crippen LogP) is 4.10. The largest absolute Gasteiger partial charge is 0.364 e. The zero-order chi connectivity index (χ0) is 13.8. The van der Waals surface area contributed by atoms with Crippen molar-refractivity contribution in [3.8, 4) is 0 Å². The molecule has 1 saturated carbocycles. The number of nitrogens with one attached hydrogen (secondary N) is 1. The summed E-state index contributed by atoms with van der Waals surface area (Å²) in [5, 5.41) is 5.24. The summed E-state index contributed by atoms with van der Waals surface area (Å²) in [6.07, 6.45) is 7.72. The van der Waals surface area contributed by atoms with Gasteiger partial charge in [0.25, 0.3) is 0 Å². The minimum Gasteiger partial charge on any atom is -0.364 e. The standard InChI is InChI=1S/C16H22N2S2/c1-19-16(9-5-6-10-16)12-18-15-17-11-14(20-15)13-7-3-2-4-8-13/h2-4,7-8,14H,5-6,9-12H2,1H3,(H,17,18). The Bertz CT molecular complexity index is 467. The Morgan fingerprint density at radius 3 is 2.75 bits per heavy atom. The molecule has 1 aliphatic heterocycles. The summed E-state index contributed by atoms with van der Waals surface area (Å²) >= 11 is 3.92. The molecule has 108 valence electrons. The number of rotatable bonds is 4. The molecule has 3 rings (SSSR count). The van der Waals surface area contributed by atoms with Crippen LogP contribution in [0.15, 0.2) is 35.3 Å². The number of nitrogens with zero attached hydrogens (tertiary/aromatic N) is 1. The minimum absolute atomic E-state index is 0.452. The van der Waals surface area contributed by atoms with Gasteiger partial charge in [0.15, 0.2) is 5.17 Å². The van der Waals surface area contributed by atoms with Gasteiger partial charge in [-0.3, -0.25) is 4.99 Å². The van der Waals surface area contributed by atoms with Gasteiger partial charge in [0.2, 0.25) is 0 Å². The molecule has 1 aromatic rings. The average molecular weight is 307 g/mol. The molecule has 1 aromatic carbocycles. The van der Waals surface area contributed by atoms with Gasteiger partial charge in [-0.05, 0) is 24.7 Å². The maximum absolute atomic E-state index is 4.68. The van der Waals surface area contributed by atoms with E-state index in [2.05, 4.69) is 46.9 Å². The van der Waals surface area contributed by atoms with E-state index in [1.165, 1.54) is 31.2 Å². The summed E-state index contributed by atoms with van der Waals surface area (Å²) in [6, 6.07) is 10.7. The van der Waals surface area contributed by atoms with Crippen molar-refractivity contribution in [2.24, 2.45) is 4.99 Å². The van der Waals surface area contributed by atoms with Gasteiger partial charge in [-0.1, -0.05) is 54.9 Å². The normalized spacial score (nSPS) is 24.6. The molecule has 1 N–H and O–H groups in total. The average Bonchev–Trinajstić information content (AvgIpc) is 3.16. The van der Waals surface area contributed by atoms with E-state index in [-0.39, 0.29) is 0 Å². The Morgan fingerprint density at radius 2 is 2.05 bits per heavy atom. The molecule has 0 radical (unpaired) electrons. The van der Waals surface area contributed by atoms with E-state index >= 15 is 0 Å². The van der Waals surface area contributed by atoms with Gasteiger partial charge in [-0.15, -0.1) is 0 Å². The smallest absolute Gasteiger partial charge is 0.157 e. The molecule has 1 atom stereocenters. The van der Waals surface area contributed by atoms with Crippen LogP contribution in [0.5, 0.6) is 0 Å². The molecular weight excluding hydrogens is 284 g/mol. The molecule has 20 heavy (non-hydrogen) atoms. The molecule has 2 nitrogen and oxygen atoms in total. The Balaban J connectivity index is 1.53. The Kier molecular flexibility index (Phi) is 4.61. The third kappa shape index (κ3) is 3.17. The van der Waals surface area contributed by atoms with Gasteiger partial charge in [-0.25, -0.2) is 0 Å². The van der Waals surface area contributed by atoms with Crippen LogP contribution in [0.25, 0.3) is 0 Å². The van der Waals surface area contributed by atoms with Crippen LogP contribution in [0.4, 0.5) is 0 Å². The highest BCUT2D eigenvalue weighted by Gasteiger charge is 2.33. The van der Waals surface area contributed by atoms with Crippen molar-refractivity contribution >= 4 is 28.7 Å². The fourth-order valence-electron chi connectivity index (χ4n) is 3.02. The molecule has 4 heteroatoms. The lowest BCUT2D eigenvalue weighted by atomic mass is 10.1. The fourth-order valence-corrected chi connectivity index (χ4v) is 4.95. The number of aliphatic imine (C=N–C) groups is 1. The summed E-state index contributed by atoms with van der Waals surface area (Å²) < 4.78 is 0.452. The molecular formula is C16H22N2S2. The Labute approximate surface area is 130 Å². The second kappa shape index (κ2) is 6.44. The summed E-state index contributed by atoms with van der Waals surface area (Å²) in [5.41, 5.74) is 1.39. The lowest BCUT2D eigenvalue weighted by Gasteiger charge is -2.27. The highest BCUT2D eigenvalue weighted by Crippen LogP contribution is 2.40. The lowest BCUT2D eigenvalue weighted by molar-refractivity contribution is 0.593. The maximum atomic E-state index is 4.68. The zero-order valence-electron chi connectivity index (χ0n) is 12.0. The highest BCUT2D eigenvalue weighted by molar-refractivity contribution is 8.14. The lowest BCUT2D eigenvalue weighted by Crippen LogP contribution is -2.37. The SMILES string of the molecule is CSC1(CNC2=NCC(c3ccccc3)S2)CCCC1. The van der Waals surface area contributed by atoms with E-state index in [9.17, 15) is 0 Å². The molecule has 0 amide bonds. The topological polar surface area (TPSA) is 24.4 Å². The third-order valence-corrected chi connectivity index (χ3v) is 6.96. The molecule has 2 aliphatic rings. The first-order valence-electron chi connectivity index (χ1n) is 7.36. The van der Waals surface area contributed by atoms with Crippen LogP contribution >= 0.6 is 23.5 Å². The van der Waals surface area contributed by atoms with Crippen LogP contribution in [-0.2, 0) is 0 Å². The number of thioether (sulfide) groups is 2. The molecule has 1 aliphatic carbocycles. The van der Waals surface area contributed by atoms with E-state index in [1.54, 1.807) is 0 Å². The second-order valence-corrected chi connectivity index (χ2v) is 8.08. The van der Waals surface area contributed by atoms with E-state index in [0.717, 1.165) is 18.3 Å². The van der Waals surface area contributed by atoms with Gasteiger partial charge < -0.3 is 5.32 Å². The third-order valence-electron chi connectivity index (χ3n) is 4.34. The number of hydrogen-bond donors (Lipinski definition) is 1. The van der Waals surface area contributed by atoms with Gasteiger partial charge in [-0.2, -0.15) is 11.8 Å². The van der Waals surface area contributed by atoms with Crippen LogP contribution in [-0.4, -0.2) is 29.3 Å². The van der Waals surface area contributed by atoms with Crippen LogP contribution in [0.2, 0.25) is 0 Å². The van der Waals surface area contributed by atoms with Gasteiger partial charge in [0.05, 0.1) is 11.8 Å². The summed E-state index contributed by atoms with van der Waals surface area (Å²) in [5.74, 6) is 0. The maximum Gasteiger partial charge on any atom is 0.157 e. The van der Waals surface area contributed by atoms with Crippen molar-refractivity contribution < 1.29 is 0 Å². The number of hydrogen-bond acceptors (Lipinski definition) is 4. The molecule has 1 fully saturated rings. The molecule has 0 spiro atoms. The summed E-state index contributed by atoms with van der Waals surface area (Å²) in [4.78, 5) is 4.68. The molecule has 0 bridgehead atoms. The monoisotopic (exact) mass is 306 g/mol. The molecule has 1 unspecified atom stereocenters. The highest BCUT2D eigenvalue weighted by atomic mass is 32.2. The van der Waals surface area contributed by atoms with Gasteiger partial charge in [0.1, 0.15) is 0 Å². The van der Waals surface area contributed by atoms with Gasteiger partial charge >= 0.3 is 0 Å². The first-order chi connectivity index (χ1) is 9.81. The quantitative estimate of drug-likeness (QED) is 0.906. The summed E-state index contributed by atoms with van der Waals surface area (Å²) in [6.45, 7) is 1.98. The van der Waals surface area contributed by atoms with Crippen molar-refractivity contribution in [2.45, 2.75) is 35.7 Å². The van der Waals surface area contributed by atoms with E-state index in [0.29, 0.717) is 10.00 Å². The Hall–Kier alpha value is -0.610. The van der Waals surface area contributed by atoms with Crippen molar-refractivity contribution in [2.75, 3.05) is 19.3 Å². The van der Waals surface area contributed by atoms with E-state index in [4.69, 9.17) is 0 Å². The summed E-state index contributed by atoms with van der Waals surface area (Å²) in [7, 11) is 0. The minimum atomic E-state index is 0.452. The van der Waals surface area contributed by atoms with Crippen LogP contribution in [0, 0.1) is 0 Å². The zero-order valence-corrected chi connectivity index (χ0v) is 13.6. The van der Waals surface area contributed by atoms with Crippen molar-refractivity contribution in [3.63, 3.8) is 0 Å². The van der Waals surface area contributed by atoms with Crippen molar-refractivity contribution in [1.82, 2.24) is 5.32 Å². The van der Waals surface area contributed by atoms with Crippen LogP contribution in [0.3, 0.4) is 0 Å². The molecule has 1 heterocycles. The Morgan fingerprint density at radius 1 is 1.30 bits per heavy atom. The fraction of sp³-hybridized carbons (Fsp3) is 0.562. The van der Waals surface area contributed by atoms with E-state index < -0.39 is 0 Å². The van der Waals surface area contributed by atoms with Crippen LogP contribution in [0.1, 0.15) is 36.5 Å². The van der Waals surface area contributed by atoms with Crippen LogP contribution < -0.4 is 5.32 Å². The van der Waals surface area contributed by atoms with Gasteiger partial charge in [0, 0.05) is 11.3 Å². The molecule has 0 saturated heterocycles. The number of amidine groups is 1. The number of benzene rings is 1. The van der Waals surface area contributed by atoms with Crippen molar-refractivity contribution in [1.29, 1.82) is 0 Å².